The Bertz CT molecular complexity index is 631. The van der Waals surface area contributed by atoms with Gasteiger partial charge in [-0.3, -0.25) is 4.79 Å². The standard InChI is InChI=1S/C14H21N6O2.BrH/c1-18(2)14-16-10-15-12(17-14)5-9-22-13(21)4-6-20-8-7-19(3)11-20;/h7-8,10-11H,4-6,9H2,1-3H3;1H/q+1;/p-1. The summed E-state index contributed by atoms with van der Waals surface area (Å²) in [6, 6.07) is 0. The van der Waals surface area contributed by atoms with Crippen molar-refractivity contribution in [3.63, 3.8) is 0 Å². The van der Waals surface area contributed by atoms with Crippen molar-refractivity contribution < 1.29 is 31.1 Å². The summed E-state index contributed by atoms with van der Waals surface area (Å²) < 4.78 is 9.07. The number of nitrogens with zero attached hydrogens (tertiary/aromatic N) is 6. The molecule has 0 unspecified atom stereocenters. The molecule has 0 N–H and O–H groups in total. The van der Waals surface area contributed by atoms with Gasteiger partial charge in [-0.05, 0) is 0 Å². The summed E-state index contributed by atoms with van der Waals surface area (Å²) in [6.45, 7) is 0.880. The van der Waals surface area contributed by atoms with Crippen molar-refractivity contribution in [2.24, 2.45) is 7.05 Å². The minimum atomic E-state index is -0.224. The molecule has 0 aromatic carbocycles. The molecule has 0 bridgehead atoms. The van der Waals surface area contributed by atoms with Gasteiger partial charge in [-0.2, -0.15) is 4.98 Å². The fraction of sp³-hybridized carbons (Fsp3) is 0.500. The number of rotatable bonds is 7. The Morgan fingerprint density at radius 3 is 2.83 bits per heavy atom. The van der Waals surface area contributed by atoms with Gasteiger partial charge in [-0.15, -0.1) is 0 Å². The molecule has 0 aliphatic carbocycles. The van der Waals surface area contributed by atoms with Crippen LogP contribution in [0.4, 0.5) is 5.95 Å². The smallest absolute Gasteiger partial charge is 0.309 e. The molecule has 0 spiro atoms. The number of halogens is 1. The molecule has 2 aromatic rings. The number of carbonyl (C=O) groups excluding carboxylic acids is 1. The molecule has 2 aromatic heterocycles. The SMILES string of the molecule is CN(C)c1ncnc(CCOC(=O)CCn2cc[n+](C)c2)n1.[Br-]. The second-order valence-corrected chi connectivity index (χ2v) is 5.13. The summed E-state index contributed by atoms with van der Waals surface area (Å²) >= 11 is 0. The highest BCUT2D eigenvalue weighted by molar-refractivity contribution is 5.69. The minimum Gasteiger partial charge on any atom is -1.00 e. The largest absolute Gasteiger partial charge is 1.00 e. The normalized spacial score (nSPS) is 10.0. The Hall–Kier alpha value is -2.03. The van der Waals surface area contributed by atoms with Crippen molar-refractivity contribution in [2.45, 2.75) is 19.4 Å². The molecule has 0 fully saturated rings. The Balaban J connectivity index is 0.00000264. The number of imidazole rings is 1. The Morgan fingerprint density at radius 2 is 2.17 bits per heavy atom. The van der Waals surface area contributed by atoms with E-state index < -0.39 is 0 Å². The zero-order chi connectivity index (χ0) is 15.9. The van der Waals surface area contributed by atoms with Crippen molar-refractivity contribution in [1.29, 1.82) is 0 Å². The summed E-state index contributed by atoms with van der Waals surface area (Å²) in [5.74, 6) is 0.985. The predicted molar refractivity (Wildman–Crippen MR) is 79.0 cm³/mol. The van der Waals surface area contributed by atoms with Gasteiger partial charge in [0.05, 0.1) is 20.1 Å². The van der Waals surface area contributed by atoms with Crippen LogP contribution in [-0.2, 0) is 29.5 Å². The predicted octanol–water partition coefficient (Wildman–Crippen LogP) is -3.26. The van der Waals surface area contributed by atoms with Gasteiger partial charge in [0.25, 0.3) is 0 Å². The van der Waals surface area contributed by atoms with E-state index in [-0.39, 0.29) is 29.6 Å². The Kier molecular flexibility index (Phi) is 7.60. The van der Waals surface area contributed by atoms with Crippen molar-refractivity contribution in [3.05, 3.63) is 30.9 Å². The van der Waals surface area contributed by atoms with Gasteiger partial charge < -0.3 is 26.6 Å². The van der Waals surface area contributed by atoms with Crippen LogP contribution in [0.3, 0.4) is 0 Å². The van der Waals surface area contributed by atoms with Crippen molar-refractivity contribution in [1.82, 2.24) is 19.5 Å². The van der Waals surface area contributed by atoms with Crippen LogP contribution < -0.4 is 26.4 Å². The molecule has 8 nitrogen and oxygen atoms in total. The monoisotopic (exact) mass is 384 g/mol. The number of ether oxygens (including phenoxy) is 1. The average molecular weight is 385 g/mol. The average Bonchev–Trinajstić information content (AvgIpc) is 2.91. The van der Waals surface area contributed by atoms with Gasteiger partial charge in [-0.25, -0.2) is 19.1 Å². The summed E-state index contributed by atoms with van der Waals surface area (Å²) in [7, 11) is 5.66. The van der Waals surface area contributed by atoms with Crippen LogP contribution in [0.1, 0.15) is 12.2 Å². The number of esters is 1. The molecular weight excluding hydrogens is 364 g/mol. The van der Waals surface area contributed by atoms with E-state index in [1.54, 1.807) is 4.90 Å². The third-order valence-electron chi connectivity index (χ3n) is 3.00. The van der Waals surface area contributed by atoms with E-state index in [4.69, 9.17) is 4.74 Å². The minimum absolute atomic E-state index is 0. The molecule has 0 aliphatic rings. The quantitative estimate of drug-likeness (QED) is 0.368. The molecule has 0 radical (unpaired) electrons. The van der Waals surface area contributed by atoms with Crippen LogP contribution in [-0.4, -0.2) is 46.2 Å². The van der Waals surface area contributed by atoms with Crippen LogP contribution >= 0.6 is 0 Å². The molecule has 0 aliphatic heterocycles. The zero-order valence-electron chi connectivity index (χ0n) is 13.5. The van der Waals surface area contributed by atoms with Crippen LogP contribution in [0, 0.1) is 0 Å². The summed E-state index contributed by atoms with van der Waals surface area (Å²) in [5.41, 5.74) is 0. The van der Waals surface area contributed by atoms with E-state index in [9.17, 15) is 4.79 Å². The van der Waals surface area contributed by atoms with Crippen LogP contribution in [0.25, 0.3) is 0 Å². The lowest BCUT2D eigenvalue weighted by Gasteiger charge is -2.10. The van der Waals surface area contributed by atoms with Gasteiger partial charge >= 0.3 is 5.97 Å². The second-order valence-electron chi connectivity index (χ2n) is 5.13. The first-order valence-corrected chi connectivity index (χ1v) is 7.06. The van der Waals surface area contributed by atoms with Crippen LogP contribution in [0.2, 0.25) is 0 Å². The fourth-order valence-electron chi connectivity index (χ4n) is 1.84. The van der Waals surface area contributed by atoms with E-state index in [1.165, 1.54) is 6.33 Å². The van der Waals surface area contributed by atoms with Crippen molar-refractivity contribution in [3.8, 4) is 0 Å². The third kappa shape index (κ3) is 6.31. The van der Waals surface area contributed by atoms with Gasteiger partial charge in [0.2, 0.25) is 12.3 Å². The number of aromatic nitrogens is 5. The van der Waals surface area contributed by atoms with Crippen molar-refractivity contribution in [2.75, 3.05) is 25.6 Å². The highest BCUT2D eigenvalue weighted by Crippen LogP contribution is 2.02. The number of anilines is 1. The van der Waals surface area contributed by atoms with Gasteiger partial charge in [0, 0.05) is 20.5 Å². The number of hydrogen-bond donors (Lipinski definition) is 0. The van der Waals surface area contributed by atoms with E-state index in [0.29, 0.717) is 31.2 Å². The van der Waals surface area contributed by atoms with Crippen LogP contribution in [0.5, 0.6) is 0 Å². The molecule has 0 atom stereocenters. The second kappa shape index (κ2) is 9.19. The van der Waals surface area contributed by atoms with E-state index >= 15 is 0 Å². The van der Waals surface area contributed by atoms with Gasteiger partial charge in [0.1, 0.15) is 31.1 Å². The maximum atomic E-state index is 11.7. The topological polar surface area (TPSA) is 77.0 Å². The fourth-order valence-corrected chi connectivity index (χ4v) is 1.84. The van der Waals surface area contributed by atoms with E-state index in [1.807, 2.05) is 49.0 Å². The lowest BCUT2D eigenvalue weighted by atomic mass is 10.4. The van der Waals surface area contributed by atoms with E-state index in [0.717, 1.165) is 0 Å². The first kappa shape index (κ1) is 19.0. The number of carbonyl (C=O) groups is 1. The molecule has 2 rings (SSSR count). The summed E-state index contributed by atoms with van der Waals surface area (Å²) in [5, 5.41) is 0. The Labute approximate surface area is 145 Å². The highest BCUT2D eigenvalue weighted by atomic mass is 79.9. The maximum absolute atomic E-state index is 11.7. The molecule has 9 heteroatoms. The summed E-state index contributed by atoms with van der Waals surface area (Å²) in [4.78, 5) is 25.9. The maximum Gasteiger partial charge on any atom is 0.309 e. The van der Waals surface area contributed by atoms with E-state index in [2.05, 4.69) is 15.0 Å². The Morgan fingerprint density at radius 1 is 1.39 bits per heavy atom. The lowest BCUT2D eigenvalue weighted by Crippen LogP contribution is -3.00. The van der Waals surface area contributed by atoms with Crippen LogP contribution in [0.15, 0.2) is 25.0 Å². The molecule has 2 heterocycles. The van der Waals surface area contributed by atoms with Gasteiger partial charge in [-0.1, -0.05) is 0 Å². The summed E-state index contributed by atoms with van der Waals surface area (Å²) in [6.07, 6.45) is 8.05. The molecule has 0 saturated heterocycles. The molecule has 0 amide bonds. The molecular formula is C14H21BrN6O2. The third-order valence-corrected chi connectivity index (χ3v) is 3.00. The first-order chi connectivity index (χ1) is 10.5. The highest BCUT2D eigenvalue weighted by Gasteiger charge is 2.08. The van der Waals surface area contributed by atoms with Crippen molar-refractivity contribution >= 4 is 11.9 Å². The number of aryl methyl sites for hydroxylation is 2. The molecule has 126 valence electrons. The first-order valence-electron chi connectivity index (χ1n) is 7.06. The van der Waals surface area contributed by atoms with Gasteiger partial charge in [0.15, 0.2) is 0 Å². The molecule has 0 saturated carbocycles. The molecule has 23 heavy (non-hydrogen) atoms. The number of hydrogen-bond acceptors (Lipinski definition) is 6. The lowest BCUT2D eigenvalue weighted by molar-refractivity contribution is -0.671. The zero-order valence-corrected chi connectivity index (χ0v) is 15.1.